The van der Waals surface area contributed by atoms with Crippen molar-refractivity contribution < 1.29 is 17.5 Å². The zero-order valence-electron chi connectivity index (χ0n) is 10.0. The van der Waals surface area contributed by atoms with Gasteiger partial charge in [0.15, 0.2) is 0 Å². The zero-order valence-corrected chi connectivity index (χ0v) is 10.8. The average Bonchev–Trinajstić information content (AvgIpc) is 2.08. The maximum Gasteiger partial charge on any atom is 0.0945 e. The number of rotatable bonds is 8. The van der Waals surface area contributed by atoms with Gasteiger partial charge in [0, 0.05) is 5.75 Å². The summed E-state index contributed by atoms with van der Waals surface area (Å²) in [6.45, 7) is 4.21. The molecule has 0 fully saturated rings. The second-order valence-corrected chi connectivity index (χ2v) is 6.23. The van der Waals surface area contributed by atoms with Crippen LogP contribution in [-0.4, -0.2) is 50.4 Å². The number of unbranched alkanes of at least 4 members (excludes halogenated alkanes) is 2. The molecule has 0 heterocycles. The van der Waals surface area contributed by atoms with E-state index in [1.165, 1.54) is 12.8 Å². The van der Waals surface area contributed by atoms with E-state index in [2.05, 4.69) is 21.0 Å². The highest BCUT2D eigenvalue weighted by Crippen LogP contribution is 2.05. The molecular weight excluding hydrogens is 214 g/mol. The van der Waals surface area contributed by atoms with Crippen LogP contribution in [0.4, 0.5) is 0 Å². The molecule has 0 aromatic carbocycles. The molecule has 0 aromatic heterocycles. The van der Waals surface area contributed by atoms with E-state index in [0.717, 1.165) is 24.0 Å². The largest absolute Gasteiger partial charge is 0.748 e. The number of quaternary nitrogens is 1. The predicted octanol–water partition coefficient (Wildman–Crippen LogP) is 1.19. The van der Waals surface area contributed by atoms with Crippen LogP contribution in [0, 0.1) is 0 Å². The van der Waals surface area contributed by atoms with Crippen LogP contribution in [0.15, 0.2) is 0 Å². The van der Waals surface area contributed by atoms with E-state index in [9.17, 15) is 13.0 Å². The summed E-state index contributed by atoms with van der Waals surface area (Å²) in [5, 5.41) is 0. The Hall–Kier alpha value is -0.130. The van der Waals surface area contributed by atoms with Crippen molar-refractivity contribution in [3.05, 3.63) is 0 Å². The summed E-state index contributed by atoms with van der Waals surface area (Å²) in [5.74, 6) is -0.221. The number of hydrogen-bond acceptors (Lipinski definition) is 3. The molecule has 0 spiro atoms. The Morgan fingerprint density at radius 2 is 1.60 bits per heavy atom. The number of nitrogens with zero attached hydrogens (tertiary/aromatic N) is 1. The zero-order chi connectivity index (χ0) is 11.9. The van der Waals surface area contributed by atoms with Crippen LogP contribution < -0.4 is 0 Å². The Kier molecular flexibility index (Phi) is 6.40. The minimum atomic E-state index is -4.02. The van der Waals surface area contributed by atoms with Crippen molar-refractivity contribution in [2.45, 2.75) is 32.6 Å². The molecule has 4 nitrogen and oxygen atoms in total. The molecule has 0 amide bonds. The van der Waals surface area contributed by atoms with Crippen LogP contribution in [0.2, 0.25) is 0 Å². The number of hydrogen-bond donors (Lipinski definition) is 0. The molecule has 0 aliphatic carbocycles. The molecule has 0 unspecified atom stereocenters. The van der Waals surface area contributed by atoms with E-state index in [1.54, 1.807) is 0 Å². The lowest BCUT2D eigenvalue weighted by atomic mass is 10.2. The lowest BCUT2D eigenvalue weighted by Gasteiger charge is -2.29. The molecule has 0 radical (unpaired) electrons. The minimum Gasteiger partial charge on any atom is -0.748 e. The topological polar surface area (TPSA) is 57.2 Å². The van der Waals surface area contributed by atoms with E-state index in [-0.39, 0.29) is 5.75 Å². The summed E-state index contributed by atoms with van der Waals surface area (Å²) in [5.41, 5.74) is 0. The van der Waals surface area contributed by atoms with Gasteiger partial charge in [-0.25, -0.2) is 8.42 Å². The van der Waals surface area contributed by atoms with Crippen molar-refractivity contribution >= 4 is 10.1 Å². The molecule has 0 rings (SSSR count). The highest BCUT2D eigenvalue weighted by Gasteiger charge is 2.13. The molecular formula is C10H23NO3S. The van der Waals surface area contributed by atoms with Crippen molar-refractivity contribution in [2.75, 3.05) is 32.9 Å². The predicted molar refractivity (Wildman–Crippen MR) is 60.5 cm³/mol. The molecule has 0 atom stereocenters. The van der Waals surface area contributed by atoms with Crippen LogP contribution in [0.1, 0.15) is 32.6 Å². The third-order valence-corrected chi connectivity index (χ3v) is 3.31. The summed E-state index contributed by atoms with van der Waals surface area (Å²) in [6, 6.07) is 0. The van der Waals surface area contributed by atoms with Crippen LogP contribution >= 0.6 is 0 Å². The fourth-order valence-electron chi connectivity index (χ4n) is 1.52. The molecule has 0 N–H and O–H groups in total. The van der Waals surface area contributed by atoms with Crippen molar-refractivity contribution in [2.24, 2.45) is 0 Å². The molecule has 5 heteroatoms. The van der Waals surface area contributed by atoms with E-state index in [0.29, 0.717) is 6.42 Å². The van der Waals surface area contributed by atoms with Crippen molar-refractivity contribution in [3.63, 3.8) is 0 Å². The van der Waals surface area contributed by atoms with Gasteiger partial charge in [-0.3, -0.25) is 0 Å². The lowest BCUT2D eigenvalue weighted by Crippen LogP contribution is -2.41. The standard InChI is InChI=1S/C10H23NO3S/c1-4-5-8-11(2,3)9-6-7-10-15(12,13)14/h4-10H2,1-3H3. The van der Waals surface area contributed by atoms with Crippen LogP contribution in [0.5, 0.6) is 0 Å². The fourth-order valence-corrected chi connectivity index (χ4v) is 2.07. The Balaban J connectivity index is 3.66. The summed E-state index contributed by atoms with van der Waals surface area (Å²) in [4.78, 5) is 0. The lowest BCUT2D eigenvalue weighted by molar-refractivity contribution is -0.890. The first-order valence-electron chi connectivity index (χ1n) is 5.52. The van der Waals surface area contributed by atoms with Crippen LogP contribution in [0.25, 0.3) is 0 Å². The van der Waals surface area contributed by atoms with E-state index in [1.807, 2.05) is 0 Å². The smallest absolute Gasteiger partial charge is 0.0945 e. The molecule has 0 aliphatic rings. The molecule has 0 bridgehead atoms. The summed E-state index contributed by atoms with van der Waals surface area (Å²) in [7, 11) is 0.265. The van der Waals surface area contributed by atoms with Crippen LogP contribution in [-0.2, 0) is 10.1 Å². The van der Waals surface area contributed by atoms with Gasteiger partial charge in [0.05, 0.1) is 37.3 Å². The Morgan fingerprint density at radius 3 is 2.07 bits per heavy atom. The van der Waals surface area contributed by atoms with Gasteiger partial charge in [-0.15, -0.1) is 0 Å². The van der Waals surface area contributed by atoms with Gasteiger partial charge >= 0.3 is 0 Å². The summed E-state index contributed by atoms with van der Waals surface area (Å²) >= 11 is 0. The minimum absolute atomic E-state index is 0.221. The van der Waals surface area contributed by atoms with Gasteiger partial charge in [-0.05, 0) is 19.3 Å². The third kappa shape index (κ3) is 10.2. The Morgan fingerprint density at radius 1 is 1.07 bits per heavy atom. The molecule has 0 aromatic rings. The highest BCUT2D eigenvalue weighted by atomic mass is 32.2. The second kappa shape index (κ2) is 6.45. The molecule has 15 heavy (non-hydrogen) atoms. The van der Waals surface area contributed by atoms with E-state index in [4.69, 9.17) is 0 Å². The SMILES string of the molecule is CCCC[N+](C)(C)CCCCS(=O)(=O)[O-]. The molecule has 92 valence electrons. The quantitative estimate of drug-likeness (QED) is 0.362. The van der Waals surface area contributed by atoms with Crippen molar-refractivity contribution in [1.82, 2.24) is 0 Å². The van der Waals surface area contributed by atoms with E-state index >= 15 is 0 Å². The maximum absolute atomic E-state index is 10.4. The Labute approximate surface area is 93.6 Å². The first-order valence-corrected chi connectivity index (χ1v) is 7.10. The molecule has 0 aliphatic heterocycles. The van der Waals surface area contributed by atoms with E-state index < -0.39 is 10.1 Å². The summed E-state index contributed by atoms with van der Waals surface area (Å²) < 4.78 is 32.0. The second-order valence-electron chi connectivity index (χ2n) is 4.71. The van der Waals surface area contributed by atoms with Gasteiger partial charge in [0.1, 0.15) is 0 Å². The van der Waals surface area contributed by atoms with Crippen molar-refractivity contribution in [1.29, 1.82) is 0 Å². The van der Waals surface area contributed by atoms with Gasteiger partial charge < -0.3 is 9.04 Å². The molecule has 0 saturated carbocycles. The van der Waals surface area contributed by atoms with Crippen LogP contribution in [0.3, 0.4) is 0 Å². The fraction of sp³-hybridized carbons (Fsp3) is 1.00. The Bertz CT molecular complexity index is 260. The summed E-state index contributed by atoms with van der Waals surface area (Å²) in [6.07, 6.45) is 3.65. The van der Waals surface area contributed by atoms with Gasteiger partial charge in [0.25, 0.3) is 0 Å². The normalized spacial score (nSPS) is 13.1. The van der Waals surface area contributed by atoms with Gasteiger partial charge in [0.2, 0.25) is 0 Å². The van der Waals surface area contributed by atoms with Crippen molar-refractivity contribution in [3.8, 4) is 0 Å². The molecule has 0 saturated heterocycles. The van der Waals surface area contributed by atoms with Gasteiger partial charge in [-0.2, -0.15) is 0 Å². The van der Waals surface area contributed by atoms with Gasteiger partial charge in [-0.1, -0.05) is 13.3 Å². The first-order chi connectivity index (χ1) is 6.77. The average molecular weight is 237 g/mol. The monoisotopic (exact) mass is 237 g/mol. The third-order valence-electron chi connectivity index (χ3n) is 2.52. The maximum atomic E-state index is 10.4. The highest BCUT2D eigenvalue weighted by molar-refractivity contribution is 7.85. The first kappa shape index (κ1) is 14.9.